The summed E-state index contributed by atoms with van der Waals surface area (Å²) in [6.07, 6.45) is 9.74. The fourth-order valence-electron chi connectivity index (χ4n) is 4.96. The predicted octanol–water partition coefficient (Wildman–Crippen LogP) is 1.60. The van der Waals surface area contributed by atoms with E-state index in [0.717, 1.165) is 18.7 Å². The first-order valence-electron chi connectivity index (χ1n) is 12.6. The first-order valence-corrected chi connectivity index (χ1v) is 14.0. The summed E-state index contributed by atoms with van der Waals surface area (Å²) in [5.41, 5.74) is 2.82. The van der Waals surface area contributed by atoms with E-state index in [0.29, 0.717) is 19.0 Å². The van der Waals surface area contributed by atoms with Crippen LogP contribution in [0.3, 0.4) is 0 Å². The largest absolute Gasteiger partial charge is 0.354 e. The predicted molar refractivity (Wildman–Crippen MR) is 136 cm³/mol. The molecule has 2 fully saturated rings. The molecule has 2 aromatic heterocycles. The van der Waals surface area contributed by atoms with E-state index in [1.807, 2.05) is 17.2 Å². The molecule has 2 aliphatic rings. The molecule has 0 saturated carbocycles. The number of hydrogen-bond donors (Lipinski definition) is 2. The maximum Gasteiger partial charge on any atom is 0.266 e. The summed E-state index contributed by atoms with van der Waals surface area (Å²) in [6.45, 7) is 4.19. The molecule has 0 aliphatic carbocycles. The highest BCUT2D eigenvalue weighted by Gasteiger charge is 2.55. The number of carbonyl (C=O) groups excluding carboxylic acids is 1. The molecule has 11 nitrogen and oxygen atoms in total. The third-order valence-corrected chi connectivity index (χ3v) is 9.82. The Kier molecular flexibility index (Phi) is 8.37. The molecule has 4 heterocycles. The second-order valence-electron chi connectivity index (χ2n) is 9.34. The summed E-state index contributed by atoms with van der Waals surface area (Å²) in [7, 11) is -4.04. The minimum Gasteiger partial charge on any atom is -0.354 e. The number of piperazine rings is 1. The average molecular weight is 518 g/mol. The smallest absolute Gasteiger partial charge is 0.266 e. The molecule has 12 heteroatoms. The van der Waals surface area contributed by atoms with Gasteiger partial charge in [-0.2, -0.15) is 4.31 Å². The molecule has 196 valence electrons. The lowest BCUT2D eigenvalue weighted by atomic mass is 9.95. The first kappa shape index (κ1) is 26.2. The minimum absolute atomic E-state index is 0.0290. The van der Waals surface area contributed by atoms with E-state index >= 15 is 0 Å². The van der Waals surface area contributed by atoms with Crippen molar-refractivity contribution >= 4 is 27.7 Å². The summed E-state index contributed by atoms with van der Waals surface area (Å²) >= 11 is 0. The zero-order chi connectivity index (χ0) is 25.6. The van der Waals surface area contributed by atoms with Crippen LogP contribution < -0.4 is 15.3 Å². The van der Waals surface area contributed by atoms with Gasteiger partial charge in [-0.1, -0.05) is 25.8 Å². The molecule has 0 bridgehead atoms. The van der Waals surface area contributed by atoms with Crippen LogP contribution in [0.1, 0.15) is 44.6 Å². The Hall–Kier alpha value is -2.83. The van der Waals surface area contributed by atoms with Crippen molar-refractivity contribution in [2.75, 3.05) is 49.1 Å². The number of hydrogen-bond acceptors (Lipinski definition) is 9. The summed E-state index contributed by atoms with van der Waals surface area (Å²) < 4.78 is 27.2. The van der Waals surface area contributed by atoms with Crippen molar-refractivity contribution in [3.8, 4) is 0 Å². The van der Waals surface area contributed by atoms with E-state index in [2.05, 4.69) is 32.8 Å². The van der Waals surface area contributed by atoms with Gasteiger partial charge >= 0.3 is 0 Å². The zero-order valence-corrected chi connectivity index (χ0v) is 21.5. The van der Waals surface area contributed by atoms with E-state index < -0.39 is 20.7 Å². The lowest BCUT2D eigenvalue weighted by molar-refractivity contribution is -0.132. The molecule has 2 aliphatic heterocycles. The van der Waals surface area contributed by atoms with E-state index in [9.17, 15) is 18.4 Å². The monoisotopic (exact) mass is 517 g/mol. The van der Waals surface area contributed by atoms with Gasteiger partial charge in [0.1, 0.15) is 5.82 Å². The molecule has 0 spiro atoms. The van der Waals surface area contributed by atoms with Crippen molar-refractivity contribution in [2.24, 2.45) is 0 Å². The van der Waals surface area contributed by atoms with Gasteiger partial charge in [0.15, 0.2) is 4.75 Å². The van der Waals surface area contributed by atoms with Gasteiger partial charge in [0, 0.05) is 57.9 Å². The van der Waals surface area contributed by atoms with Gasteiger partial charge in [-0.3, -0.25) is 10.0 Å². The Morgan fingerprint density at radius 3 is 2.28 bits per heavy atom. The van der Waals surface area contributed by atoms with Crippen LogP contribution in [0.15, 0.2) is 36.8 Å². The molecular formula is C24H35N7O4S. The number of aryl methyl sites for hydroxylation is 1. The van der Waals surface area contributed by atoms with Crippen LogP contribution in [0.4, 0.5) is 11.8 Å². The maximum absolute atomic E-state index is 13.8. The number of carbonyl (C=O) groups is 1. The lowest BCUT2D eigenvalue weighted by Crippen LogP contribution is -2.63. The van der Waals surface area contributed by atoms with Crippen LogP contribution in [0.5, 0.6) is 0 Å². The number of rotatable bonds is 9. The fraction of sp³-hybridized carbons (Fsp3) is 0.583. The van der Waals surface area contributed by atoms with Gasteiger partial charge in [-0.05, 0) is 43.4 Å². The van der Waals surface area contributed by atoms with Crippen LogP contribution >= 0.6 is 0 Å². The number of nitrogens with zero attached hydrogens (tertiary/aromatic N) is 6. The van der Waals surface area contributed by atoms with Gasteiger partial charge in [-0.15, -0.1) is 0 Å². The highest BCUT2D eigenvalue weighted by molar-refractivity contribution is 7.91. The topological polar surface area (TPSA) is 132 Å². The molecule has 36 heavy (non-hydrogen) atoms. The number of anilines is 2. The number of aromatic nitrogens is 3. The van der Waals surface area contributed by atoms with E-state index in [-0.39, 0.29) is 39.0 Å². The number of nitrogens with one attached hydrogen (secondary N) is 1. The molecule has 0 aromatic carbocycles. The Morgan fingerprint density at radius 2 is 1.69 bits per heavy atom. The zero-order valence-electron chi connectivity index (χ0n) is 20.7. The molecule has 0 unspecified atom stereocenters. The molecular weight excluding hydrogens is 482 g/mol. The van der Waals surface area contributed by atoms with Crippen molar-refractivity contribution in [1.29, 1.82) is 0 Å². The van der Waals surface area contributed by atoms with Crippen LogP contribution in [0.25, 0.3) is 0 Å². The maximum atomic E-state index is 13.8. The van der Waals surface area contributed by atoms with Gasteiger partial charge < -0.3 is 9.80 Å². The molecule has 0 atom stereocenters. The van der Waals surface area contributed by atoms with E-state index in [1.165, 1.54) is 22.7 Å². The minimum atomic E-state index is -4.04. The summed E-state index contributed by atoms with van der Waals surface area (Å²) in [4.78, 5) is 29.8. The van der Waals surface area contributed by atoms with Gasteiger partial charge in [0.2, 0.25) is 16.0 Å². The summed E-state index contributed by atoms with van der Waals surface area (Å²) in [6, 6.07) is 5.79. The number of sulfonamides is 1. The van der Waals surface area contributed by atoms with Gasteiger partial charge in [-0.25, -0.2) is 28.8 Å². The highest BCUT2D eigenvalue weighted by atomic mass is 32.2. The number of hydroxylamine groups is 1. The van der Waals surface area contributed by atoms with Crippen molar-refractivity contribution in [3.63, 3.8) is 0 Å². The highest BCUT2D eigenvalue weighted by Crippen LogP contribution is 2.35. The van der Waals surface area contributed by atoms with Crippen LogP contribution in [0, 0.1) is 0 Å². The molecule has 4 rings (SSSR count). The Labute approximate surface area is 212 Å². The second kappa shape index (κ2) is 11.5. The van der Waals surface area contributed by atoms with E-state index in [4.69, 9.17) is 0 Å². The normalized spacial score (nSPS) is 18.7. The van der Waals surface area contributed by atoms with Crippen molar-refractivity contribution < 1.29 is 18.4 Å². The Morgan fingerprint density at radius 1 is 1.00 bits per heavy atom. The molecule has 2 N–H and O–H groups in total. The fourth-order valence-corrected chi connectivity index (χ4v) is 7.08. The summed E-state index contributed by atoms with van der Waals surface area (Å²) in [5, 5.41) is 9.44. The number of unbranched alkanes of at least 4 members (excludes halogenated alkanes) is 2. The standard InChI is InChI=1S/C24H35N7O4S/c1-2-3-4-6-20-7-8-21(27-19-20)29-15-17-31(18-16-29)36(34,35)24(22(32)28-33)9-13-30(14-10-24)23-25-11-5-12-26-23/h5,7-8,11-12,19,33H,2-4,6,9-10,13-18H2,1H3,(H,28,32). The van der Waals surface area contributed by atoms with Crippen LogP contribution in [-0.2, 0) is 21.2 Å². The van der Waals surface area contributed by atoms with Gasteiger partial charge in [0.05, 0.1) is 0 Å². The average Bonchev–Trinajstić information content (AvgIpc) is 2.93. The SMILES string of the molecule is CCCCCc1ccc(N2CCN(S(=O)(=O)C3(C(=O)NO)CCN(c4ncccn4)CC3)CC2)nc1. The van der Waals surface area contributed by atoms with Crippen molar-refractivity contribution in [2.45, 2.75) is 50.2 Å². The molecule has 2 saturated heterocycles. The van der Waals surface area contributed by atoms with E-state index in [1.54, 1.807) is 23.9 Å². The lowest BCUT2D eigenvalue weighted by Gasteiger charge is -2.43. The summed E-state index contributed by atoms with van der Waals surface area (Å²) in [5.74, 6) is 0.426. The molecule has 2 aromatic rings. The van der Waals surface area contributed by atoms with Crippen molar-refractivity contribution in [1.82, 2.24) is 24.7 Å². The third-order valence-electron chi connectivity index (χ3n) is 7.20. The number of piperidine rings is 1. The van der Waals surface area contributed by atoms with Gasteiger partial charge in [0.25, 0.3) is 5.91 Å². The number of amides is 1. The Balaban J connectivity index is 1.42. The third kappa shape index (κ3) is 5.30. The van der Waals surface area contributed by atoms with Crippen LogP contribution in [-0.4, -0.2) is 82.8 Å². The van der Waals surface area contributed by atoms with Crippen LogP contribution in [0.2, 0.25) is 0 Å². The number of pyridine rings is 1. The van der Waals surface area contributed by atoms with Crippen molar-refractivity contribution in [3.05, 3.63) is 42.4 Å². The molecule has 1 amide bonds. The second-order valence-corrected chi connectivity index (χ2v) is 11.6. The molecule has 0 radical (unpaired) electrons. The quantitative estimate of drug-likeness (QED) is 0.289. The first-order chi connectivity index (χ1) is 17.4. The Bertz CT molecular complexity index is 1100.